The highest BCUT2D eigenvalue weighted by Gasteiger charge is 2.24. The summed E-state index contributed by atoms with van der Waals surface area (Å²) in [6.07, 6.45) is 0. The summed E-state index contributed by atoms with van der Waals surface area (Å²) in [6.45, 7) is 0. The second-order valence-electron chi connectivity index (χ2n) is 12.9. The van der Waals surface area contributed by atoms with Gasteiger partial charge in [-0.15, -0.1) is 0 Å². The lowest BCUT2D eigenvalue weighted by Crippen LogP contribution is -2.10. The monoisotopic (exact) mass is 668 g/mol. The first-order valence-electron chi connectivity index (χ1n) is 17.5. The van der Waals surface area contributed by atoms with Crippen LogP contribution in [0.5, 0.6) is 0 Å². The van der Waals surface area contributed by atoms with Crippen molar-refractivity contribution in [3.8, 4) is 11.1 Å². The third-order valence-corrected chi connectivity index (χ3v) is 9.84. The van der Waals surface area contributed by atoms with Gasteiger partial charge in [0, 0.05) is 39.3 Å². The minimum atomic E-state index is 0.808. The molecule has 246 valence electrons. The minimum absolute atomic E-state index is 0.808. The van der Waals surface area contributed by atoms with Crippen LogP contribution in [0.25, 0.3) is 55.0 Å². The molecule has 0 radical (unpaired) electrons. The summed E-state index contributed by atoms with van der Waals surface area (Å²) >= 11 is 0. The molecule has 10 rings (SSSR count). The molecule has 4 heteroatoms. The van der Waals surface area contributed by atoms with Crippen molar-refractivity contribution in [2.75, 3.05) is 9.80 Å². The van der Waals surface area contributed by atoms with Gasteiger partial charge in [-0.05, 0) is 83.9 Å². The fourth-order valence-electron chi connectivity index (χ4n) is 7.47. The second-order valence-corrected chi connectivity index (χ2v) is 12.9. The molecule has 2 aromatic heterocycles. The average molecular weight is 669 g/mol. The molecule has 0 N–H and O–H groups in total. The van der Waals surface area contributed by atoms with E-state index in [9.17, 15) is 0 Å². The van der Waals surface area contributed by atoms with Crippen LogP contribution >= 0.6 is 0 Å². The van der Waals surface area contributed by atoms with Crippen molar-refractivity contribution in [3.05, 3.63) is 194 Å². The number of anilines is 6. The third-order valence-electron chi connectivity index (χ3n) is 9.84. The average Bonchev–Trinajstić information content (AvgIpc) is 3.79. The molecule has 4 nitrogen and oxygen atoms in total. The smallest absolute Gasteiger partial charge is 0.159 e. The molecule has 52 heavy (non-hydrogen) atoms. The van der Waals surface area contributed by atoms with Gasteiger partial charge in [0.2, 0.25) is 0 Å². The van der Waals surface area contributed by atoms with E-state index in [4.69, 9.17) is 8.83 Å². The molecular formula is C48H32N2O2. The van der Waals surface area contributed by atoms with Gasteiger partial charge in [-0.3, -0.25) is 0 Å². The Morgan fingerprint density at radius 2 is 0.827 bits per heavy atom. The standard InChI is InChI=1S/C48H32N2O2/c1-4-14-33(15-5-1)34-26-28-37(29-27-34)50(38-30-31-40-39-20-10-11-24-44(39)51-46(40)32-38)43-23-12-21-41-47-42(22-13-25-45(47)52-48(41)43)49(35-16-6-2-7-17-35)36-18-8-3-9-19-36/h1-32H. The van der Waals surface area contributed by atoms with Crippen molar-refractivity contribution in [2.45, 2.75) is 0 Å². The van der Waals surface area contributed by atoms with Crippen molar-refractivity contribution in [1.82, 2.24) is 0 Å². The number of rotatable bonds is 7. The predicted molar refractivity (Wildman–Crippen MR) is 216 cm³/mol. The van der Waals surface area contributed by atoms with Crippen molar-refractivity contribution in [1.29, 1.82) is 0 Å². The molecule has 0 amide bonds. The molecule has 0 fully saturated rings. The van der Waals surface area contributed by atoms with E-state index in [0.29, 0.717) is 0 Å². The maximum atomic E-state index is 6.91. The first-order chi connectivity index (χ1) is 25.8. The quantitative estimate of drug-likeness (QED) is 0.169. The number of furan rings is 2. The summed E-state index contributed by atoms with van der Waals surface area (Å²) in [4.78, 5) is 4.58. The largest absolute Gasteiger partial charge is 0.456 e. The van der Waals surface area contributed by atoms with E-state index in [2.05, 4.69) is 186 Å². The lowest BCUT2D eigenvalue weighted by Gasteiger charge is -2.26. The van der Waals surface area contributed by atoms with E-state index >= 15 is 0 Å². The first kappa shape index (κ1) is 29.8. The topological polar surface area (TPSA) is 32.8 Å². The van der Waals surface area contributed by atoms with Crippen LogP contribution in [0.3, 0.4) is 0 Å². The lowest BCUT2D eigenvalue weighted by atomic mass is 10.0. The first-order valence-corrected chi connectivity index (χ1v) is 17.5. The molecule has 0 saturated carbocycles. The summed E-state index contributed by atoms with van der Waals surface area (Å²) in [5, 5.41) is 4.29. The van der Waals surface area contributed by atoms with E-state index in [1.54, 1.807) is 0 Å². The van der Waals surface area contributed by atoms with Crippen molar-refractivity contribution >= 4 is 78.0 Å². The Bertz CT molecular complexity index is 2800. The molecule has 2 heterocycles. The van der Waals surface area contributed by atoms with E-state index in [0.717, 1.165) is 83.6 Å². The molecule has 0 bridgehead atoms. The predicted octanol–water partition coefficient (Wildman–Crippen LogP) is 14.1. The van der Waals surface area contributed by atoms with Gasteiger partial charge in [-0.2, -0.15) is 0 Å². The molecule has 10 aromatic rings. The number of fused-ring (bicyclic) bond motifs is 6. The van der Waals surface area contributed by atoms with Crippen molar-refractivity contribution in [2.24, 2.45) is 0 Å². The Labute approximate surface area is 301 Å². The van der Waals surface area contributed by atoms with Gasteiger partial charge in [-0.1, -0.05) is 115 Å². The van der Waals surface area contributed by atoms with Crippen LogP contribution < -0.4 is 9.80 Å². The van der Waals surface area contributed by atoms with Crippen molar-refractivity contribution < 1.29 is 8.83 Å². The Kier molecular flexibility index (Phi) is 7.10. The molecule has 0 atom stereocenters. The molecule has 0 aliphatic carbocycles. The Morgan fingerprint density at radius 3 is 1.58 bits per heavy atom. The number of para-hydroxylation sites is 4. The van der Waals surface area contributed by atoms with Crippen LogP contribution in [-0.4, -0.2) is 0 Å². The molecule has 0 spiro atoms. The summed E-state index contributed by atoms with van der Waals surface area (Å²) in [5.74, 6) is 0. The zero-order chi connectivity index (χ0) is 34.4. The zero-order valence-corrected chi connectivity index (χ0v) is 28.2. The molecule has 0 aliphatic heterocycles. The molecule has 0 unspecified atom stereocenters. The molecule has 0 aliphatic rings. The van der Waals surface area contributed by atoms with Gasteiger partial charge >= 0.3 is 0 Å². The van der Waals surface area contributed by atoms with Crippen LogP contribution in [0, 0.1) is 0 Å². The van der Waals surface area contributed by atoms with Crippen molar-refractivity contribution in [3.63, 3.8) is 0 Å². The number of benzene rings is 8. The van der Waals surface area contributed by atoms with Gasteiger partial charge in [-0.25, -0.2) is 0 Å². The highest BCUT2D eigenvalue weighted by Crippen LogP contribution is 2.47. The summed E-state index contributed by atoms with van der Waals surface area (Å²) in [5.41, 5.74) is 11.8. The zero-order valence-electron chi connectivity index (χ0n) is 28.2. The summed E-state index contributed by atoms with van der Waals surface area (Å²) in [6, 6.07) is 67.7. The van der Waals surface area contributed by atoms with Crippen LogP contribution in [0.15, 0.2) is 203 Å². The maximum Gasteiger partial charge on any atom is 0.159 e. The van der Waals surface area contributed by atoms with E-state index in [-0.39, 0.29) is 0 Å². The Balaban J connectivity index is 1.19. The highest BCUT2D eigenvalue weighted by atomic mass is 16.3. The van der Waals surface area contributed by atoms with Crippen LogP contribution in [-0.2, 0) is 0 Å². The van der Waals surface area contributed by atoms with E-state index in [1.807, 2.05) is 18.2 Å². The second kappa shape index (κ2) is 12.4. The van der Waals surface area contributed by atoms with E-state index < -0.39 is 0 Å². The molecule has 8 aromatic carbocycles. The minimum Gasteiger partial charge on any atom is -0.456 e. The van der Waals surface area contributed by atoms with Crippen LogP contribution in [0.4, 0.5) is 34.1 Å². The maximum absolute atomic E-state index is 6.91. The van der Waals surface area contributed by atoms with E-state index in [1.165, 1.54) is 5.56 Å². The molecule has 0 saturated heterocycles. The van der Waals surface area contributed by atoms with Gasteiger partial charge in [0.05, 0.1) is 22.4 Å². The fourth-order valence-corrected chi connectivity index (χ4v) is 7.47. The highest BCUT2D eigenvalue weighted by molar-refractivity contribution is 6.17. The van der Waals surface area contributed by atoms with Crippen LogP contribution in [0.2, 0.25) is 0 Å². The van der Waals surface area contributed by atoms with Gasteiger partial charge < -0.3 is 18.6 Å². The normalized spacial score (nSPS) is 11.5. The Morgan fingerprint density at radius 1 is 0.308 bits per heavy atom. The Hall–Kier alpha value is -7.04. The molecular weight excluding hydrogens is 637 g/mol. The lowest BCUT2D eigenvalue weighted by molar-refractivity contribution is 0.667. The van der Waals surface area contributed by atoms with Gasteiger partial charge in [0.25, 0.3) is 0 Å². The summed E-state index contributed by atoms with van der Waals surface area (Å²) < 4.78 is 13.3. The fraction of sp³-hybridized carbons (Fsp3) is 0. The van der Waals surface area contributed by atoms with Crippen LogP contribution in [0.1, 0.15) is 0 Å². The van der Waals surface area contributed by atoms with Gasteiger partial charge in [0.15, 0.2) is 5.58 Å². The summed E-state index contributed by atoms with van der Waals surface area (Å²) in [7, 11) is 0. The van der Waals surface area contributed by atoms with Gasteiger partial charge in [0.1, 0.15) is 16.7 Å². The number of hydrogen-bond acceptors (Lipinski definition) is 4. The third kappa shape index (κ3) is 5.00. The number of hydrogen-bond donors (Lipinski definition) is 0. The SMILES string of the molecule is c1ccc(-c2ccc(N(c3ccc4c(c3)oc3ccccc34)c3cccc4c3oc3cccc(N(c5ccccc5)c5ccccc5)c34)cc2)cc1. The number of nitrogens with zero attached hydrogens (tertiary/aromatic N) is 2.